The van der Waals surface area contributed by atoms with Crippen molar-refractivity contribution in [2.45, 2.75) is 26.2 Å². The van der Waals surface area contributed by atoms with E-state index < -0.39 is 0 Å². The summed E-state index contributed by atoms with van der Waals surface area (Å²) >= 11 is 1.89. The third kappa shape index (κ3) is 1.72. The van der Waals surface area contributed by atoms with E-state index in [-0.39, 0.29) is 5.41 Å². The number of pyridine rings is 1. The van der Waals surface area contributed by atoms with Crippen molar-refractivity contribution in [3.05, 3.63) is 42.2 Å². The SMILES string of the molecule is C[n+]1cc2c(cc1C(C)(C)C)sc1ccccc12. The maximum Gasteiger partial charge on any atom is 0.187 e. The molecule has 0 aliphatic heterocycles. The molecule has 92 valence electrons. The Morgan fingerprint density at radius 1 is 1.00 bits per heavy atom. The molecule has 0 amide bonds. The Balaban J connectivity index is 2.40. The fourth-order valence-corrected chi connectivity index (χ4v) is 3.67. The average Bonchev–Trinajstić information content (AvgIpc) is 2.65. The highest BCUT2D eigenvalue weighted by Crippen LogP contribution is 2.34. The van der Waals surface area contributed by atoms with Crippen molar-refractivity contribution in [2.24, 2.45) is 7.05 Å². The van der Waals surface area contributed by atoms with Gasteiger partial charge in [0.15, 0.2) is 11.9 Å². The van der Waals surface area contributed by atoms with E-state index in [1.807, 2.05) is 11.3 Å². The Morgan fingerprint density at radius 2 is 1.72 bits per heavy atom. The molecule has 0 bridgehead atoms. The fraction of sp³-hybridized carbons (Fsp3) is 0.312. The van der Waals surface area contributed by atoms with E-state index in [1.54, 1.807) is 0 Å². The van der Waals surface area contributed by atoms with Crippen molar-refractivity contribution in [3.63, 3.8) is 0 Å². The van der Waals surface area contributed by atoms with Gasteiger partial charge in [0.25, 0.3) is 0 Å². The van der Waals surface area contributed by atoms with E-state index in [2.05, 4.69) is 68.9 Å². The first-order valence-corrected chi connectivity index (χ1v) is 7.10. The highest BCUT2D eigenvalue weighted by Gasteiger charge is 2.25. The molecule has 0 saturated heterocycles. The van der Waals surface area contributed by atoms with E-state index >= 15 is 0 Å². The monoisotopic (exact) mass is 256 g/mol. The van der Waals surface area contributed by atoms with Crippen LogP contribution in [0.5, 0.6) is 0 Å². The Bertz CT molecular complexity index is 732. The second-order valence-corrected chi connectivity index (χ2v) is 6.98. The van der Waals surface area contributed by atoms with Crippen molar-refractivity contribution < 1.29 is 4.57 Å². The third-order valence-electron chi connectivity index (χ3n) is 3.40. The van der Waals surface area contributed by atoms with Gasteiger partial charge in [0.05, 0.1) is 5.39 Å². The van der Waals surface area contributed by atoms with Crippen molar-refractivity contribution in [3.8, 4) is 0 Å². The van der Waals surface area contributed by atoms with Gasteiger partial charge >= 0.3 is 0 Å². The van der Waals surface area contributed by atoms with Crippen LogP contribution in [0.2, 0.25) is 0 Å². The van der Waals surface area contributed by atoms with Gasteiger partial charge in [-0.2, -0.15) is 0 Å². The molecule has 18 heavy (non-hydrogen) atoms. The molecule has 3 rings (SSSR count). The number of hydrogen-bond acceptors (Lipinski definition) is 1. The normalized spacial score (nSPS) is 12.4. The van der Waals surface area contributed by atoms with Crippen molar-refractivity contribution in [1.29, 1.82) is 0 Å². The van der Waals surface area contributed by atoms with Crippen LogP contribution in [-0.4, -0.2) is 0 Å². The van der Waals surface area contributed by atoms with Gasteiger partial charge in [0, 0.05) is 26.3 Å². The summed E-state index contributed by atoms with van der Waals surface area (Å²) in [6.07, 6.45) is 2.27. The van der Waals surface area contributed by atoms with Crippen LogP contribution in [0.3, 0.4) is 0 Å². The lowest BCUT2D eigenvalue weighted by Crippen LogP contribution is -2.39. The summed E-state index contributed by atoms with van der Waals surface area (Å²) in [6.45, 7) is 6.80. The zero-order chi connectivity index (χ0) is 12.9. The predicted molar refractivity (Wildman–Crippen MR) is 79.2 cm³/mol. The highest BCUT2D eigenvalue weighted by atomic mass is 32.1. The van der Waals surface area contributed by atoms with Crippen LogP contribution < -0.4 is 4.57 Å². The number of fused-ring (bicyclic) bond motifs is 3. The van der Waals surface area contributed by atoms with Crippen molar-refractivity contribution in [1.82, 2.24) is 0 Å². The second kappa shape index (κ2) is 3.79. The summed E-state index contributed by atoms with van der Waals surface area (Å²) < 4.78 is 5.03. The average molecular weight is 256 g/mol. The molecule has 1 aromatic carbocycles. The lowest BCUT2D eigenvalue weighted by Gasteiger charge is -2.15. The van der Waals surface area contributed by atoms with Crippen LogP contribution in [-0.2, 0) is 12.5 Å². The predicted octanol–water partition coefficient (Wildman–Crippen LogP) is 4.18. The van der Waals surface area contributed by atoms with E-state index in [1.165, 1.54) is 25.9 Å². The number of hydrogen-bond donors (Lipinski definition) is 0. The lowest BCUT2D eigenvalue weighted by atomic mass is 9.91. The molecular weight excluding hydrogens is 238 g/mol. The molecular formula is C16H18NS+. The van der Waals surface area contributed by atoms with Crippen molar-refractivity contribution in [2.75, 3.05) is 0 Å². The quantitative estimate of drug-likeness (QED) is 0.531. The number of benzene rings is 1. The lowest BCUT2D eigenvalue weighted by molar-refractivity contribution is -0.681. The number of rotatable bonds is 0. The van der Waals surface area contributed by atoms with Crippen LogP contribution >= 0.6 is 11.3 Å². The number of aromatic nitrogens is 1. The molecule has 0 fully saturated rings. The minimum absolute atomic E-state index is 0.180. The Kier molecular flexibility index (Phi) is 2.46. The van der Waals surface area contributed by atoms with Gasteiger partial charge in [-0.05, 0) is 6.07 Å². The molecule has 2 aromatic heterocycles. The molecule has 0 spiro atoms. The summed E-state index contributed by atoms with van der Waals surface area (Å²) in [5.41, 5.74) is 1.56. The first-order valence-electron chi connectivity index (χ1n) is 6.28. The molecule has 0 aliphatic rings. The molecule has 3 aromatic rings. The summed E-state index contributed by atoms with van der Waals surface area (Å²) in [5, 5.41) is 2.74. The van der Waals surface area contributed by atoms with Crippen LogP contribution in [0.15, 0.2) is 36.5 Å². The van der Waals surface area contributed by atoms with Gasteiger partial charge in [0.2, 0.25) is 0 Å². The van der Waals surface area contributed by atoms with E-state index in [4.69, 9.17) is 0 Å². The van der Waals surface area contributed by atoms with E-state index in [0.717, 1.165) is 0 Å². The highest BCUT2D eigenvalue weighted by molar-refractivity contribution is 7.25. The Labute approximate surface area is 112 Å². The maximum atomic E-state index is 2.35. The Morgan fingerprint density at radius 3 is 2.44 bits per heavy atom. The summed E-state index contributed by atoms with van der Waals surface area (Å²) in [6, 6.07) is 11.0. The van der Waals surface area contributed by atoms with Crippen molar-refractivity contribution >= 4 is 31.5 Å². The standard InChI is InChI=1S/C16H18NS/c1-16(2,3)15-9-14-12(10-17(15)4)11-7-5-6-8-13(11)18-14/h5-10H,1-4H3/q+1. The molecule has 1 nitrogen and oxygen atoms in total. The molecule has 0 aliphatic carbocycles. The van der Waals surface area contributed by atoms with Gasteiger partial charge in [0.1, 0.15) is 7.05 Å². The minimum atomic E-state index is 0.180. The smallest absolute Gasteiger partial charge is 0.187 e. The molecule has 0 unspecified atom stereocenters. The Hall–Kier alpha value is -1.41. The fourth-order valence-electron chi connectivity index (χ4n) is 2.56. The molecule has 0 N–H and O–H groups in total. The second-order valence-electron chi connectivity index (χ2n) is 5.90. The van der Waals surface area contributed by atoms with Gasteiger partial charge in [-0.1, -0.05) is 39.0 Å². The zero-order valence-corrected chi connectivity index (χ0v) is 12.1. The van der Waals surface area contributed by atoms with Gasteiger partial charge in [-0.3, -0.25) is 0 Å². The first-order chi connectivity index (χ1) is 8.47. The maximum absolute atomic E-state index is 2.35. The first kappa shape index (κ1) is 11.7. The van der Waals surface area contributed by atoms with Crippen LogP contribution in [0, 0.1) is 0 Å². The summed E-state index contributed by atoms with van der Waals surface area (Å²) in [4.78, 5) is 0. The van der Waals surface area contributed by atoms with Crippen LogP contribution in [0.25, 0.3) is 20.2 Å². The number of aryl methyl sites for hydroxylation is 1. The minimum Gasteiger partial charge on any atom is -0.204 e. The van der Waals surface area contributed by atoms with Gasteiger partial charge in [-0.15, -0.1) is 11.3 Å². The molecule has 2 heteroatoms. The number of nitrogens with zero attached hydrogens (tertiary/aromatic N) is 1. The van der Waals surface area contributed by atoms with E-state index in [0.29, 0.717) is 0 Å². The summed E-state index contributed by atoms with van der Waals surface area (Å²) in [7, 11) is 2.15. The number of thiophene rings is 1. The molecule has 0 atom stereocenters. The third-order valence-corrected chi connectivity index (χ3v) is 4.54. The van der Waals surface area contributed by atoms with E-state index in [9.17, 15) is 0 Å². The van der Waals surface area contributed by atoms with Gasteiger partial charge < -0.3 is 0 Å². The topological polar surface area (TPSA) is 3.88 Å². The zero-order valence-electron chi connectivity index (χ0n) is 11.3. The van der Waals surface area contributed by atoms with Gasteiger partial charge in [-0.25, -0.2) is 4.57 Å². The summed E-state index contributed by atoms with van der Waals surface area (Å²) in [5.74, 6) is 0. The largest absolute Gasteiger partial charge is 0.204 e. The molecule has 0 saturated carbocycles. The molecule has 2 heterocycles. The molecule has 0 radical (unpaired) electrons. The van der Waals surface area contributed by atoms with Crippen LogP contribution in [0.4, 0.5) is 0 Å². The van der Waals surface area contributed by atoms with Crippen LogP contribution in [0.1, 0.15) is 26.5 Å².